The highest BCUT2D eigenvalue weighted by molar-refractivity contribution is 5.50. The molecule has 1 heterocycles. The zero-order valence-corrected chi connectivity index (χ0v) is 10.2. The number of morpholine rings is 1. The van der Waals surface area contributed by atoms with E-state index in [0.29, 0.717) is 24.4 Å². The molecule has 0 saturated carbocycles. The van der Waals surface area contributed by atoms with Crippen molar-refractivity contribution in [1.82, 2.24) is 0 Å². The van der Waals surface area contributed by atoms with Crippen molar-refractivity contribution in [1.29, 1.82) is 0 Å². The number of anilines is 1. The highest BCUT2D eigenvalue weighted by Gasteiger charge is 2.25. The average Bonchev–Trinajstić information content (AvgIpc) is 2.32. The van der Waals surface area contributed by atoms with Crippen molar-refractivity contribution < 1.29 is 14.2 Å². The molecule has 1 fully saturated rings. The molecule has 3 nitrogen and oxygen atoms in total. The molecule has 2 unspecified atom stereocenters. The zero-order chi connectivity index (χ0) is 12.4. The maximum Gasteiger partial charge on any atom is 0.146 e. The van der Waals surface area contributed by atoms with Crippen molar-refractivity contribution in [3.8, 4) is 0 Å². The Balaban J connectivity index is 2.26. The Morgan fingerprint density at radius 2 is 2.24 bits per heavy atom. The van der Waals surface area contributed by atoms with Crippen LogP contribution in [-0.4, -0.2) is 30.4 Å². The Morgan fingerprint density at radius 1 is 1.47 bits per heavy atom. The molecule has 0 radical (unpaired) electrons. The van der Waals surface area contributed by atoms with E-state index in [1.807, 2.05) is 18.7 Å². The van der Waals surface area contributed by atoms with Crippen LogP contribution in [0.25, 0.3) is 0 Å². The summed E-state index contributed by atoms with van der Waals surface area (Å²) >= 11 is 0. The quantitative estimate of drug-likeness (QED) is 0.856. The van der Waals surface area contributed by atoms with Gasteiger partial charge in [0.15, 0.2) is 0 Å². The predicted octanol–water partition coefficient (Wildman–Crippen LogP) is 1.93. The molecule has 1 N–H and O–H groups in total. The largest absolute Gasteiger partial charge is 0.392 e. The molecule has 2 atom stereocenters. The number of aliphatic hydroxyl groups excluding tert-OH is 1. The second-order valence-electron chi connectivity index (χ2n) is 4.59. The molecule has 1 aliphatic heterocycles. The van der Waals surface area contributed by atoms with E-state index in [4.69, 9.17) is 9.84 Å². The average molecular weight is 239 g/mol. The maximum absolute atomic E-state index is 13.9. The fourth-order valence-corrected chi connectivity index (χ4v) is 2.12. The van der Waals surface area contributed by atoms with Crippen LogP contribution in [0.2, 0.25) is 0 Å². The maximum atomic E-state index is 13.9. The topological polar surface area (TPSA) is 32.7 Å². The number of aliphatic hydroxyl groups is 1. The number of ether oxygens (including phenoxy) is 1. The summed E-state index contributed by atoms with van der Waals surface area (Å²) in [5, 5.41) is 8.96. The van der Waals surface area contributed by atoms with E-state index in [-0.39, 0.29) is 24.6 Å². The molecule has 2 rings (SSSR count). The number of benzene rings is 1. The Kier molecular flexibility index (Phi) is 3.64. The van der Waals surface area contributed by atoms with Gasteiger partial charge in [0.1, 0.15) is 5.82 Å². The first kappa shape index (κ1) is 12.3. The zero-order valence-electron chi connectivity index (χ0n) is 10.2. The van der Waals surface area contributed by atoms with Crippen molar-refractivity contribution in [3.63, 3.8) is 0 Å². The van der Waals surface area contributed by atoms with Gasteiger partial charge in [0.25, 0.3) is 0 Å². The lowest BCUT2D eigenvalue weighted by Gasteiger charge is -2.38. The van der Waals surface area contributed by atoms with E-state index in [2.05, 4.69) is 0 Å². The van der Waals surface area contributed by atoms with Crippen molar-refractivity contribution in [3.05, 3.63) is 29.6 Å². The summed E-state index contributed by atoms with van der Waals surface area (Å²) in [4.78, 5) is 2.02. The SMILES string of the molecule is CC1CN(c2ccc(CO)cc2F)C(C)CO1. The normalized spacial score (nSPS) is 25.1. The van der Waals surface area contributed by atoms with Gasteiger partial charge >= 0.3 is 0 Å². The van der Waals surface area contributed by atoms with Crippen molar-refractivity contribution in [2.24, 2.45) is 0 Å². The molecule has 1 saturated heterocycles. The molecule has 4 heteroatoms. The number of hydrogen-bond donors (Lipinski definition) is 1. The second kappa shape index (κ2) is 5.02. The highest BCUT2D eigenvalue weighted by Crippen LogP contribution is 2.25. The van der Waals surface area contributed by atoms with Gasteiger partial charge in [-0.25, -0.2) is 4.39 Å². The lowest BCUT2D eigenvalue weighted by Crippen LogP contribution is -2.47. The molecule has 17 heavy (non-hydrogen) atoms. The molecule has 1 aliphatic rings. The minimum absolute atomic E-state index is 0.114. The molecular formula is C13H18FNO2. The summed E-state index contributed by atoms with van der Waals surface area (Å²) < 4.78 is 19.5. The van der Waals surface area contributed by atoms with Crippen LogP contribution in [0, 0.1) is 5.82 Å². The van der Waals surface area contributed by atoms with E-state index in [0.717, 1.165) is 0 Å². The molecule has 1 aromatic carbocycles. The van der Waals surface area contributed by atoms with Crippen LogP contribution in [0.15, 0.2) is 18.2 Å². The van der Waals surface area contributed by atoms with Gasteiger partial charge in [0.2, 0.25) is 0 Å². The van der Waals surface area contributed by atoms with Crippen molar-refractivity contribution in [2.75, 3.05) is 18.1 Å². The number of hydrogen-bond acceptors (Lipinski definition) is 3. The highest BCUT2D eigenvalue weighted by atomic mass is 19.1. The van der Waals surface area contributed by atoms with Gasteiger partial charge in [-0.2, -0.15) is 0 Å². The third-order valence-corrected chi connectivity index (χ3v) is 3.11. The van der Waals surface area contributed by atoms with Crippen LogP contribution in [-0.2, 0) is 11.3 Å². The summed E-state index contributed by atoms with van der Waals surface area (Å²) in [6, 6.07) is 5.05. The number of halogens is 1. The van der Waals surface area contributed by atoms with Crippen LogP contribution in [0.5, 0.6) is 0 Å². The van der Waals surface area contributed by atoms with Gasteiger partial charge in [-0.3, -0.25) is 0 Å². The minimum atomic E-state index is -0.280. The van der Waals surface area contributed by atoms with Crippen LogP contribution in [0.1, 0.15) is 19.4 Å². The molecule has 0 amide bonds. The van der Waals surface area contributed by atoms with E-state index in [9.17, 15) is 4.39 Å². The van der Waals surface area contributed by atoms with Gasteiger partial charge in [0.05, 0.1) is 25.0 Å². The smallest absolute Gasteiger partial charge is 0.146 e. The Bertz CT molecular complexity index is 397. The minimum Gasteiger partial charge on any atom is -0.392 e. The molecule has 94 valence electrons. The molecule has 1 aromatic rings. The first-order valence-electron chi connectivity index (χ1n) is 5.89. The molecule has 0 spiro atoms. The van der Waals surface area contributed by atoms with Gasteiger partial charge in [-0.1, -0.05) is 6.07 Å². The van der Waals surface area contributed by atoms with Gasteiger partial charge in [-0.05, 0) is 31.5 Å². The van der Waals surface area contributed by atoms with E-state index < -0.39 is 0 Å². The summed E-state index contributed by atoms with van der Waals surface area (Å²) in [6.07, 6.45) is 0.114. The number of rotatable bonds is 2. The van der Waals surface area contributed by atoms with E-state index >= 15 is 0 Å². The molecular weight excluding hydrogens is 221 g/mol. The lowest BCUT2D eigenvalue weighted by molar-refractivity contribution is 0.0341. The first-order valence-corrected chi connectivity index (χ1v) is 5.89. The molecule has 0 bridgehead atoms. The molecule has 0 aromatic heterocycles. The van der Waals surface area contributed by atoms with Gasteiger partial charge in [0, 0.05) is 12.6 Å². The summed E-state index contributed by atoms with van der Waals surface area (Å²) in [7, 11) is 0. The Morgan fingerprint density at radius 3 is 2.88 bits per heavy atom. The summed E-state index contributed by atoms with van der Waals surface area (Å²) in [6.45, 7) is 5.18. The monoisotopic (exact) mass is 239 g/mol. The Hall–Kier alpha value is -1.13. The van der Waals surface area contributed by atoms with Crippen LogP contribution < -0.4 is 4.90 Å². The van der Waals surface area contributed by atoms with Crippen LogP contribution in [0.4, 0.5) is 10.1 Å². The predicted molar refractivity (Wildman–Crippen MR) is 64.5 cm³/mol. The van der Waals surface area contributed by atoms with Gasteiger partial charge in [-0.15, -0.1) is 0 Å². The van der Waals surface area contributed by atoms with Crippen molar-refractivity contribution >= 4 is 5.69 Å². The molecule has 0 aliphatic carbocycles. The van der Waals surface area contributed by atoms with Gasteiger partial charge < -0.3 is 14.7 Å². The van der Waals surface area contributed by atoms with Crippen LogP contribution in [0.3, 0.4) is 0 Å². The van der Waals surface area contributed by atoms with E-state index in [1.165, 1.54) is 6.07 Å². The van der Waals surface area contributed by atoms with Crippen molar-refractivity contribution in [2.45, 2.75) is 32.6 Å². The standard InChI is InChI=1S/C13H18FNO2/c1-9-8-17-10(2)6-15(9)13-4-3-11(7-16)5-12(13)14/h3-5,9-10,16H,6-8H2,1-2H3. The van der Waals surface area contributed by atoms with E-state index in [1.54, 1.807) is 12.1 Å². The fraction of sp³-hybridized carbons (Fsp3) is 0.538. The summed E-state index contributed by atoms with van der Waals surface area (Å²) in [5.41, 5.74) is 1.19. The lowest BCUT2D eigenvalue weighted by atomic mass is 10.1. The van der Waals surface area contributed by atoms with Crippen LogP contribution >= 0.6 is 0 Å². The Labute approximate surface area is 101 Å². The summed E-state index contributed by atoms with van der Waals surface area (Å²) in [5.74, 6) is -0.280. The first-order chi connectivity index (χ1) is 8.11. The second-order valence-corrected chi connectivity index (χ2v) is 4.59. The fourth-order valence-electron chi connectivity index (χ4n) is 2.12. The third kappa shape index (κ3) is 2.58. The number of nitrogens with zero attached hydrogens (tertiary/aromatic N) is 1. The third-order valence-electron chi connectivity index (χ3n) is 3.11.